The fraction of sp³-hybridized carbons (Fsp3) is 1.00. The van der Waals surface area contributed by atoms with Crippen LogP contribution in [0.1, 0.15) is 39.5 Å². The number of piperidine rings is 1. The minimum absolute atomic E-state index is 0.272. The zero-order valence-corrected chi connectivity index (χ0v) is 12.1. The highest BCUT2D eigenvalue weighted by molar-refractivity contribution is 7.89. The predicted molar refractivity (Wildman–Crippen MR) is 71.5 cm³/mol. The molecule has 1 saturated heterocycles. The molecule has 1 heterocycles. The average molecular weight is 262 g/mol. The van der Waals surface area contributed by atoms with Crippen molar-refractivity contribution in [3.05, 3.63) is 0 Å². The molecule has 0 aromatic rings. The second-order valence-electron chi connectivity index (χ2n) is 5.43. The molecule has 1 unspecified atom stereocenters. The maximum absolute atomic E-state index is 12.0. The molecule has 4 nitrogen and oxygen atoms in total. The number of nitrogens with one attached hydrogen (secondary N) is 1. The summed E-state index contributed by atoms with van der Waals surface area (Å²) >= 11 is 0. The van der Waals surface area contributed by atoms with Crippen LogP contribution in [0, 0.1) is 5.92 Å². The molecule has 0 aliphatic carbocycles. The lowest BCUT2D eigenvalue weighted by atomic mass is 10.1. The monoisotopic (exact) mass is 262 g/mol. The first-order valence-corrected chi connectivity index (χ1v) is 8.20. The smallest absolute Gasteiger partial charge is 0.213 e. The van der Waals surface area contributed by atoms with Crippen molar-refractivity contribution in [2.75, 3.05) is 25.9 Å². The van der Waals surface area contributed by atoms with Gasteiger partial charge in [0.2, 0.25) is 10.0 Å². The Hall–Kier alpha value is -0.130. The number of sulfonamides is 1. The third-order valence-corrected chi connectivity index (χ3v) is 5.17. The van der Waals surface area contributed by atoms with E-state index in [1.165, 1.54) is 17.1 Å². The normalized spacial score (nSPS) is 22.3. The average Bonchev–Trinajstić information content (AvgIpc) is 2.28. The van der Waals surface area contributed by atoms with Crippen molar-refractivity contribution < 1.29 is 8.42 Å². The highest BCUT2D eigenvalue weighted by Gasteiger charge is 2.22. The summed E-state index contributed by atoms with van der Waals surface area (Å²) in [4.78, 5) is 0. The van der Waals surface area contributed by atoms with Crippen LogP contribution in [0.4, 0.5) is 0 Å². The molecule has 1 rings (SSSR count). The Morgan fingerprint density at radius 3 is 2.59 bits per heavy atom. The van der Waals surface area contributed by atoms with E-state index in [0.29, 0.717) is 18.5 Å². The van der Waals surface area contributed by atoms with Crippen molar-refractivity contribution in [1.82, 2.24) is 9.62 Å². The highest BCUT2D eigenvalue weighted by atomic mass is 32.2. The van der Waals surface area contributed by atoms with Crippen LogP contribution in [-0.2, 0) is 10.0 Å². The van der Waals surface area contributed by atoms with Crippen molar-refractivity contribution in [1.29, 1.82) is 0 Å². The van der Waals surface area contributed by atoms with E-state index in [1.54, 1.807) is 7.05 Å². The molecule has 1 aliphatic rings. The predicted octanol–water partition coefficient (Wildman–Crippen LogP) is 1.44. The van der Waals surface area contributed by atoms with Crippen LogP contribution < -0.4 is 5.32 Å². The molecule has 0 radical (unpaired) electrons. The van der Waals surface area contributed by atoms with E-state index >= 15 is 0 Å². The van der Waals surface area contributed by atoms with E-state index in [1.807, 2.05) is 0 Å². The molecule has 1 N–H and O–H groups in total. The summed E-state index contributed by atoms with van der Waals surface area (Å²) in [6.07, 6.45) is 4.24. The molecule has 1 aliphatic heterocycles. The van der Waals surface area contributed by atoms with Gasteiger partial charge in [0.1, 0.15) is 0 Å². The Morgan fingerprint density at radius 2 is 2.06 bits per heavy atom. The number of nitrogens with zero attached hydrogens (tertiary/aromatic N) is 1. The summed E-state index contributed by atoms with van der Waals surface area (Å²) in [6.45, 7) is 5.74. The molecule has 0 bridgehead atoms. The third-order valence-electron chi connectivity index (χ3n) is 3.32. The highest BCUT2D eigenvalue weighted by Crippen LogP contribution is 2.11. The molecule has 0 amide bonds. The zero-order valence-electron chi connectivity index (χ0n) is 11.3. The van der Waals surface area contributed by atoms with Gasteiger partial charge in [-0.25, -0.2) is 12.7 Å². The molecule has 0 aromatic carbocycles. The third kappa shape index (κ3) is 5.36. The van der Waals surface area contributed by atoms with Gasteiger partial charge in [0.25, 0.3) is 0 Å². The molecule has 17 heavy (non-hydrogen) atoms. The Labute approximate surface area is 106 Å². The fourth-order valence-corrected chi connectivity index (χ4v) is 3.53. The molecular formula is C12H26N2O2S. The van der Waals surface area contributed by atoms with Gasteiger partial charge in [-0.3, -0.25) is 0 Å². The summed E-state index contributed by atoms with van der Waals surface area (Å²) in [5.74, 6) is 0.708. The van der Waals surface area contributed by atoms with Gasteiger partial charge in [-0.1, -0.05) is 20.3 Å². The number of likely N-dealkylation sites (N-methyl/N-ethyl adjacent to an activating group) is 1. The number of hydrogen-bond donors (Lipinski definition) is 1. The zero-order chi connectivity index (χ0) is 12.9. The van der Waals surface area contributed by atoms with E-state index in [-0.39, 0.29) is 5.75 Å². The summed E-state index contributed by atoms with van der Waals surface area (Å²) in [5.41, 5.74) is 0. The maximum Gasteiger partial charge on any atom is 0.213 e. The number of rotatable bonds is 6. The molecule has 1 atom stereocenters. The van der Waals surface area contributed by atoms with Crippen LogP contribution in [-0.4, -0.2) is 44.7 Å². The van der Waals surface area contributed by atoms with Crippen LogP contribution >= 0.6 is 0 Å². The van der Waals surface area contributed by atoms with Crippen molar-refractivity contribution in [2.24, 2.45) is 5.92 Å². The van der Waals surface area contributed by atoms with Crippen LogP contribution in [0.5, 0.6) is 0 Å². The summed E-state index contributed by atoms with van der Waals surface area (Å²) < 4.78 is 25.5. The van der Waals surface area contributed by atoms with E-state index in [4.69, 9.17) is 0 Å². The van der Waals surface area contributed by atoms with E-state index < -0.39 is 10.0 Å². The van der Waals surface area contributed by atoms with E-state index in [2.05, 4.69) is 19.2 Å². The van der Waals surface area contributed by atoms with Crippen LogP contribution in [0.15, 0.2) is 0 Å². The van der Waals surface area contributed by atoms with Crippen molar-refractivity contribution in [2.45, 2.75) is 45.6 Å². The van der Waals surface area contributed by atoms with Gasteiger partial charge >= 0.3 is 0 Å². The SMILES string of the molecule is CC(C)CCS(=O)(=O)N(C)CC1CCCCN1. The van der Waals surface area contributed by atoms with Gasteiger partial charge in [0.15, 0.2) is 0 Å². The van der Waals surface area contributed by atoms with Gasteiger partial charge in [-0.05, 0) is 31.7 Å². The second-order valence-corrected chi connectivity index (χ2v) is 7.62. The van der Waals surface area contributed by atoms with E-state index in [0.717, 1.165) is 19.4 Å². The summed E-state index contributed by atoms with van der Waals surface area (Å²) in [6, 6.07) is 0.336. The van der Waals surface area contributed by atoms with Gasteiger partial charge in [-0.15, -0.1) is 0 Å². The molecule has 5 heteroatoms. The summed E-state index contributed by atoms with van der Waals surface area (Å²) in [7, 11) is -1.36. The first-order valence-electron chi connectivity index (χ1n) is 6.59. The van der Waals surface area contributed by atoms with E-state index in [9.17, 15) is 8.42 Å². The van der Waals surface area contributed by atoms with Gasteiger partial charge in [0.05, 0.1) is 5.75 Å². The standard InChI is InChI=1S/C12H26N2O2S/c1-11(2)7-9-17(15,16)14(3)10-12-6-4-5-8-13-12/h11-13H,4-10H2,1-3H3. The van der Waals surface area contributed by atoms with Gasteiger partial charge in [-0.2, -0.15) is 0 Å². The van der Waals surface area contributed by atoms with Crippen LogP contribution in [0.25, 0.3) is 0 Å². The maximum atomic E-state index is 12.0. The van der Waals surface area contributed by atoms with Crippen molar-refractivity contribution in [3.63, 3.8) is 0 Å². The minimum Gasteiger partial charge on any atom is -0.313 e. The second kappa shape index (κ2) is 6.71. The lowest BCUT2D eigenvalue weighted by molar-refractivity contribution is 0.337. The Kier molecular flexibility index (Phi) is 5.89. The molecule has 0 aromatic heterocycles. The van der Waals surface area contributed by atoms with Crippen LogP contribution in [0.3, 0.4) is 0 Å². The number of hydrogen-bond acceptors (Lipinski definition) is 3. The minimum atomic E-state index is -3.06. The molecule has 0 saturated carbocycles. The lowest BCUT2D eigenvalue weighted by Gasteiger charge is -2.28. The quantitative estimate of drug-likeness (QED) is 0.788. The first-order chi connectivity index (χ1) is 7.92. The van der Waals surface area contributed by atoms with Gasteiger partial charge in [0, 0.05) is 19.6 Å². The van der Waals surface area contributed by atoms with Gasteiger partial charge < -0.3 is 5.32 Å². The largest absolute Gasteiger partial charge is 0.313 e. The Bertz CT molecular complexity index is 308. The molecule has 102 valence electrons. The first kappa shape index (κ1) is 14.9. The molecule has 0 spiro atoms. The topological polar surface area (TPSA) is 49.4 Å². The van der Waals surface area contributed by atoms with Crippen molar-refractivity contribution in [3.8, 4) is 0 Å². The fourth-order valence-electron chi connectivity index (χ4n) is 2.04. The molecular weight excluding hydrogens is 236 g/mol. The van der Waals surface area contributed by atoms with Crippen LogP contribution in [0.2, 0.25) is 0 Å². The Balaban J connectivity index is 2.41. The lowest BCUT2D eigenvalue weighted by Crippen LogP contribution is -2.44. The van der Waals surface area contributed by atoms with Crippen molar-refractivity contribution >= 4 is 10.0 Å². The molecule has 1 fully saturated rings. The summed E-state index contributed by atoms with van der Waals surface area (Å²) in [5, 5.41) is 3.38. The Morgan fingerprint density at radius 1 is 1.35 bits per heavy atom.